The normalized spacial score (nSPS) is 12.2. The van der Waals surface area contributed by atoms with Gasteiger partial charge in [-0.15, -0.1) is 6.58 Å². The molecule has 4 aromatic rings. The summed E-state index contributed by atoms with van der Waals surface area (Å²) < 4.78 is 6.06. The standard InChI is InChI=1S/C22H24N6/c1-4-13-27-15-18(14-25-27)22-21(17-9-7-6-8-10-17)23-16-28(22)19(5-2)20-11-12-24-26(20)3/h4,6-12,14-16,19H,1,5,13H2,2-3H3/t19-/m1/s1. The van der Waals surface area contributed by atoms with Crippen LogP contribution in [0.3, 0.4) is 0 Å². The maximum atomic E-state index is 4.80. The van der Waals surface area contributed by atoms with Crippen molar-refractivity contribution in [2.45, 2.75) is 25.9 Å². The number of aromatic nitrogens is 6. The first-order chi connectivity index (χ1) is 13.7. The van der Waals surface area contributed by atoms with Crippen LogP contribution in [0.2, 0.25) is 0 Å². The van der Waals surface area contributed by atoms with Gasteiger partial charge < -0.3 is 4.57 Å². The van der Waals surface area contributed by atoms with Crippen LogP contribution in [-0.2, 0) is 13.6 Å². The summed E-state index contributed by atoms with van der Waals surface area (Å²) in [5.41, 5.74) is 5.31. The molecule has 1 atom stereocenters. The number of hydrogen-bond donors (Lipinski definition) is 0. The lowest BCUT2D eigenvalue weighted by Gasteiger charge is -2.20. The second-order valence-corrected chi connectivity index (χ2v) is 6.76. The highest BCUT2D eigenvalue weighted by molar-refractivity contribution is 5.78. The molecule has 0 aliphatic carbocycles. The van der Waals surface area contributed by atoms with Crippen LogP contribution in [0.1, 0.15) is 25.1 Å². The topological polar surface area (TPSA) is 53.5 Å². The van der Waals surface area contributed by atoms with E-state index in [1.807, 2.05) is 59.4 Å². The van der Waals surface area contributed by atoms with Gasteiger partial charge in [-0.2, -0.15) is 10.2 Å². The Kier molecular flexibility index (Phi) is 4.93. The Hall–Kier alpha value is -3.41. The van der Waals surface area contributed by atoms with Gasteiger partial charge in [0.05, 0.1) is 42.2 Å². The fourth-order valence-corrected chi connectivity index (χ4v) is 3.67. The van der Waals surface area contributed by atoms with Gasteiger partial charge in [0.15, 0.2) is 0 Å². The molecule has 4 rings (SSSR count). The first kappa shape index (κ1) is 18.0. The quantitative estimate of drug-likeness (QED) is 0.454. The molecule has 0 aliphatic heterocycles. The van der Waals surface area contributed by atoms with Crippen molar-refractivity contribution in [1.82, 2.24) is 29.1 Å². The highest BCUT2D eigenvalue weighted by Crippen LogP contribution is 2.35. The van der Waals surface area contributed by atoms with Crippen LogP contribution < -0.4 is 0 Å². The van der Waals surface area contributed by atoms with E-state index in [9.17, 15) is 0 Å². The van der Waals surface area contributed by atoms with Crippen molar-refractivity contribution in [1.29, 1.82) is 0 Å². The summed E-state index contributed by atoms with van der Waals surface area (Å²) in [6.07, 6.45) is 10.5. The van der Waals surface area contributed by atoms with Crippen molar-refractivity contribution in [2.24, 2.45) is 7.05 Å². The molecule has 0 saturated carbocycles. The van der Waals surface area contributed by atoms with Crippen LogP contribution in [0.4, 0.5) is 0 Å². The molecule has 0 spiro atoms. The summed E-state index contributed by atoms with van der Waals surface area (Å²) >= 11 is 0. The summed E-state index contributed by atoms with van der Waals surface area (Å²) in [5.74, 6) is 0. The van der Waals surface area contributed by atoms with E-state index >= 15 is 0 Å². The zero-order chi connectivity index (χ0) is 19.5. The van der Waals surface area contributed by atoms with Gasteiger partial charge in [0.25, 0.3) is 0 Å². The number of rotatable bonds is 7. The molecule has 3 heterocycles. The Labute approximate surface area is 164 Å². The molecule has 0 aliphatic rings. The van der Waals surface area contributed by atoms with Crippen LogP contribution in [0.15, 0.2) is 74.0 Å². The third-order valence-electron chi connectivity index (χ3n) is 4.99. The number of imidazole rings is 1. The number of aryl methyl sites for hydroxylation is 1. The minimum Gasteiger partial charge on any atom is -0.321 e. The molecule has 28 heavy (non-hydrogen) atoms. The van der Waals surface area contributed by atoms with Gasteiger partial charge in [-0.3, -0.25) is 9.36 Å². The molecule has 0 N–H and O–H groups in total. The lowest BCUT2D eigenvalue weighted by atomic mass is 10.1. The molecule has 0 amide bonds. The van der Waals surface area contributed by atoms with Gasteiger partial charge >= 0.3 is 0 Å². The highest BCUT2D eigenvalue weighted by Gasteiger charge is 2.23. The largest absolute Gasteiger partial charge is 0.321 e. The van der Waals surface area contributed by atoms with Crippen molar-refractivity contribution in [3.05, 3.63) is 79.7 Å². The number of allylic oxidation sites excluding steroid dienone is 1. The van der Waals surface area contributed by atoms with E-state index in [-0.39, 0.29) is 6.04 Å². The maximum Gasteiger partial charge on any atom is 0.0965 e. The second kappa shape index (κ2) is 7.68. The van der Waals surface area contributed by atoms with Crippen LogP contribution in [0.25, 0.3) is 22.5 Å². The number of hydrogen-bond acceptors (Lipinski definition) is 3. The fourth-order valence-electron chi connectivity index (χ4n) is 3.67. The third kappa shape index (κ3) is 3.17. The molecule has 0 fully saturated rings. The maximum absolute atomic E-state index is 4.80. The van der Waals surface area contributed by atoms with Gasteiger partial charge in [-0.05, 0) is 12.5 Å². The predicted octanol–water partition coefficient (Wildman–Crippen LogP) is 4.33. The predicted molar refractivity (Wildman–Crippen MR) is 111 cm³/mol. The first-order valence-corrected chi connectivity index (χ1v) is 9.46. The van der Waals surface area contributed by atoms with E-state index < -0.39 is 0 Å². The third-order valence-corrected chi connectivity index (χ3v) is 4.99. The van der Waals surface area contributed by atoms with Crippen molar-refractivity contribution >= 4 is 0 Å². The fraction of sp³-hybridized carbons (Fsp3) is 0.227. The van der Waals surface area contributed by atoms with Gasteiger partial charge in [0, 0.05) is 30.6 Å². The SMILES string of the molecule is C=CCn1cc(-c2c(-c3ccccc3)ncn2[C@H](CC)c2ccnn2C)cn1. The minimum absolute atomic E-state index is 0.134. The van der Waals surface area contributed by atoms with Crippen LogP contribution in [-0.4, -0.2) is 29.1 Å². The molecule has 6 heteroatoms. The molecule has 0 radical (unpaired) electrons. The van der Waals surface area contributed by atoms with E-state index in [1.165, 1.54) is 0 Å². The van der Waals surface area contributed by atoms with E-state index in [0.717, 1.165) is 34.6 Å². The zero-order valence-electron chi connectivity index (χ0n) is 16.2. The molecule has 0 unspecified atom stereocenters. The first-order valence-electron chi connectivity index (χ1n) is 9.46. The Morgan fingerprint density at radius 2 is 1.93 bits per heavy atom. The molecule has 6 nitrogen and oxygen atoms in total. The average Bonchev–Trinajstić information content (AvgIpc) is 3.44. The van der Waals surface area contributed by atoms with E-state index in [2.05, 4.69) is 52.7 Å². The molecule has 0 saturated heterocycles. The summed E-state index contributed by atoms with van der Waals surface area (Å²) in [6, 6.07) is 12.5. The van der Waals surface area contributed by atoms with Gasteiger partial charge in [0.2, 0.25) is 0 Å². The van der Waals surface area contributed by atoms with E-state index in [0.29, 0.717) is 6.54 Å². The van der Waals surface area contributed by atoms with Crippen LogP contribution in [0.5, 0.6) is 0 Å². The van der Waals surface area contributed by atoms with Gasteiger partial charge in [-0.1, -0.05) is 43.3 Å². The van der Waals surface area contributed by atoms with Crippen molar-refractivity contribution in [3.63, 3.8) is 0 Å². The Morgan fingerprint density at radius 3 is 2.61 bits per heavy atom. The number of benzene rings is 1. The number of nitrogens with zero attached hydrogens (tertiary/aromatic N) is 6. The molecule has 142 valence electrons. The summed E-state index contributed by atoms with van der Waals surface area (Å²) in [5, 5.41) is 8.85. The van der Waals surface area contributed by atoms with Crippen LogP contribution in [0, 0.1) is 0 Å². The Balaban J connectivity index is 1.90. The summed E-state index contributed by atoms with van der Waals surface area (Å²) in [6.45, 7) is 6.67. The lowest BCUT2D eigenvalue weighted by molar-refractivity contribution is 0.522. The summed E-state index contributed by atoms with van der Waals surface area (Å²) in [7, 11) is 1.98. The van der Waals surface area contributed by atoms with Crippen molar-refractivity contribution < 1.29 is 0 Å². The summed E-state index contributed by atoms with van der Waals surface area (Å²) in [4.78, 5) is 4.80. The smallest absolute Gasteiger partial charge is 0.0965 e. The van der Waals surface area contributed by atoms with Gasteiger partial charge in [0.1, 0.15) is 0 Å². The average molecular weight is 372 g/mol. The molecular formula is C22H24N6. The molecule has 1 aromatic carbocycles. The monoisotopic (exact) mass is 372 g/mol. The second-order valence-electron chi connectivity index (χ2n) is 6.76. The zero-order valence-corrected chi connectivity index (χ0v) is 16.2. The Morgan fingerprint density at radius 1 is 1.11 bits per heavy atom. The van der Waals surface area contributed by atoms with Gasteiger partial charge in [-0.25, -0.2) is 4.98 Å². The molecule has 3 aromatic heterocycles. The van der Waals surface area contributed by atoms with Crippen LogP contribution >= 0.6 is 0 Å². The van der Waals surface area contributed by atoms with E-state index in [4.69, 9.17) is 4.98 Å². The van der Waals surface area contributed by atoms with E-state index in [1.54, 1.807) is 0 Å². The molecule has 0 bridgehead atoms. The lowest BCUT2D eigenvalue weighted by Crippen LogP contribution is -2.14. The van der Waals surface area contributed by atoms with Crippen molar-refractivity contribution in [2.75, 3.05) is 0 Å². The van der Waals surface area contributed by atoms with Crippen molar-refractivity contribution in [3.8, 4) is 22.5 Å². The highest BCUT2D eigenvalue weighted by atomic mass is 15.3. The minimum atomic E-state index is 0.134. The molecular weight excluding hydrogens is 348 g/mol. The Bertz CT molecular complexity index is 1070.